The van der Waals surface area contributed by atoms with Crippen LogP contribution in [0.25, 0.3) is 0 Å². The smallest absolute Gasteiger partial charge is 0.408 e. The summed E-state index contributed by atoms with van der Waals surface area (Å²) in [6.45, 7) is 17.2. The number of alkyl carbamates (subject to hydrolysis) is 1. The Labute approximate surface area is 228 Å². The highest BCUT2D eigenvalue weighted by molar-refractivity contribution is 5.95. The first-order valence-electron chi connectivity index (χ1n) is 13.5. The molecule has 0 aliphatic carbocycles. The van der Waals surface area contributed by atoms with E-state index < -0.39 is 47.6 Å². The fraction of sp³-hybridized carbons (Fsp3) is 0.655. The Bertz CT molecular complexity index is 984. The van der Waals surface area contributed by atoms with Crippen molar-refractivity contribution < 1.29 is 23.9 Å². The van der Waals surface area contributed by atoms with Crippen LogP contribution in [-0.2, 0) is 19.1 Å². The first kappa shape index (κ1) is 32.9. The van der Waals surface area contributed by atoms with Crippen molar-refractivity contribution in [1.82, 2.24) is 15.5 Å². The molecule has 1 aromatic carbocycles. The second-order valence-corrected chi connectivity index (χ2v) is 11.4. The zero-order chi connectivity index (χ0) is 29.3. The summed E-state index contributed by atoms with van der Waals surface area (Å²) in [7, 11) is 0. The highest BCUT2D eigenvalue weighted by atomic mass is 16.6. The third kappa shape index (κ3) is 9.65. The molecular weight excluding hydrogens is 484 g/mol. The van der Waals surface area contributed by atoms with Crippen molar-refractivity contribution in [2.75, 3.05) is 6.54 Å². The first-order valence-corrected chi connectivity index (χ1v) is 13.5. The topological polar surface area (TPSA) is 131 Å². The Morgan fingerprint density at radius 3 is 2.18 bits per heavy atom. The van der Waals surface area contributed by atoms with Crippen LogP contribution in [0.4, 0.5) is 4.79 Å². The highest BCUT2D eigenvalue weighted by Crippen LogP contribution is 2.34. The van der Waals surface area contributed by atoms with Crippen molar-refractivity contribution in [3.63, 3.8) is 0 Å². The second-order valence-electron chi connectivity index (χ2n) is 11.4. The van der Waals surface area contributed by atoms with Crippen molar-refractivity contribution in [2.24, 2.45) is 5.73 Å². The average Bonchev–Trinajstić information content (AvgIpc) is 2.79. The van der Waals surface area contributed by atoms with E-state index in [4.69, 9.17) is 10.5 Å². The van der Waals surface area contributed by atoms with Gasteiger partial charge in [-0.05, 0) is 78.0 Å². The standard InChI is InChI=1S/C29H48N4O5/c1-10-12-13-17-31-25(35)24(21-16-14-15-19(3)20(21)4)33(29(8,9)11-2)26(36)22(18-23(30)34)32-27(37)38-28(5,6)7/h14-16,22,24H,10-13,17-18H2,1-9H3,(H2,30,34)(H,31,35)(H,32,37). The van der Waals surface area contributed by atoms with Gasteiger partial charge in [-0.15, -0.1) is 0 Å². The molecule has 0 saturated carbocycles. The number of amides is 4. The Kier molecular flexibility index (Phi) is 12.3. The lowest BCUT2D eigenvalue weighted by Crippen LogP contribution is -2.60. The van der Waals surface area contributed by atoms with Crippen LogP contribution >= 0.6 is 0 Å². The molecule has 0 aliphatic heterocycles. The number of benzene rings is 1. The molecule has 2 unspecified atom stereocenters. The lowest BCUT2D eigenvalue weighted by Gasteiger charge is -2.45. The van der Waals surface area contributed by atoms with Crippen molar-refractivity contribution in [2.45, 2.75) is 118 Å². The molecule has 1 rings (SSSR count). The fourth-order valence-corrected chi connectivity index (χ4v) is 4.12. The average molecular weight is 533 g/mol. The van der Waals surface area contributed by atoms with Crippen molar-refractivity contribution in [1.29, 1.82) is 0 Å². The van der Waals surface area contributed by atoms with Crippen molar-refractivity contribution in [3.05, 3.63) is 34.9 Å². The van der Waals surface area contributed by atoms with Gasteiger partial charge in [-0.2, -0.15) is 0 Å². The summed E-state index contributed by atoms with van der Waals surface area (Å²) >= 11 is 0. The maximum Gasteiger partial charge on any atom is 0.408 e. The summed E-state index contributed by atoms with van der Waals surface area (Å²) < 4.78 is 5.34. The summed E-state index contributed by atoms with van der Waals surface area (Å²) in [4.78, 5) is 54.2. The summed E-state index contributed by atoms with van der Waals surface area (Å²) in [5, 5.41) is 5.54. The van der Waals surface area contributed by atoms with Crippen LogP contribution in [0.3, 0.4) is 0 Å². The number of ether oxygens (including phenoxy) is 1. The monoisotopic (exact) mass is 532 g/mol. The summed E-state index contributed by atoms with van der Waals surface area (Å²) in [6, 6.07) is 3.35. The number of unbranched alkanes of at least 4 members (excludes halogenated alkanes) is 2. The number of nitrogens with zero attached hydrogens (tertiary/aromatic N) is 1. The molecule has 9 nitrogen and oxygen atoms in total. The molecule has 0 aromatic heterocycles. The molecule has 0 aliphatic rings. The zero-order valence-electron chi connectivity index (χ0n) is 24.7. The van der Waals surface area contributed by atoms with Gasteiger partial charge in [0.15, 0.2) is 0 Å². The van der Waals surface area contributed by atoms with Crippen molar-refractivity contribution >= 4 is 23.8 Å². The number of carbonyl (C=O) groups excluding carboxylic acids is 4. The quantitative estimate of drug-likeness (QED) is 0.323. The SMILES string of the molecule is CCCCCNC(=O)C(c1cccc(C)c1C)N(C(=O)C(CC(N)=O)NC(=O)OC(C)(C)C)C(C)(C)CC. The molecule has 0 spiro atoms. The van der Waals surface area contributed by atoms with Gasteiger partial charge in [-0.25, -0.2) is 4.79 Å². The van der Waals surface area contributed by atoms with Gasteiger partial charge in [0, 0.05) is 12.1 Å². The van der Waals surface area contributed by atoms with E-state index in [1.165, 1.54) is 4.90 Å². The molecule has 38 heavy (non-hydrogen) atoms. The summed E-state index contributed by atoms with van der Waals surface area (Å²) in [5.41, 5.74) is 6.40. The minimum atomic E-state index is -1.31. The summed E-state index contributed by atoms with van der Waals surface area (Å²) in [6.07, 6.45) is 2.02. The minimum Gasteiger partial charge on any atom is -0.444 e. The molecule has 9 heteroatoms. The molecule has 4 N–H and O–H groups in total. The number of hydrogen-bond donors (Lipinski definition) is 3. The van der Waals surface area contributed by atoms with Gasteiger partial charge in [-0.1, -0.05) is 44.9 Å². The van der Waals surface area contributed by atoms with Gasteiger partial charge < -0.3 is 26.0 Å². The number of primary amides is 1. The van der Waals surface area contributed by atoms with Crippen LogP contribution in [0.5, 0.6) is 0 Å². The van der Waals surface area contributed by atoms with Gasteiger partial charge in [0.2, 0.25) is 17.7 Å². The number of hydrogen-bond acceptors (Lipinski definition) is 5. The van der Waals surface area contributed by atoms with E-state index in [1.54, 1.807) is 20.8 Å². The summed E-state index contributed by atoms with van der Waals surface area (Å²) in [5.74, 6) is -1.67. The van der Waals surface area contributed by atoms with E-state index in [9.17, 15) is 19.2 Å². The minimum absolute atomic E-state index is 0.320. The lowest BCUT2D eigenvalue weighted by molar-refractivity contribution is -0.150. The highest BCUT2D eigenvalue weighted by Gasteiger charge is 2.44. The number of nitrogens with one attached hydrogen (secondary N) is 2. The third-order valence-corrected chi connectivity index (χ3v) is 6.68. The lowest BCUT2D eigenvalue weighted by atomic mass is 9.89. The first-order chi connectivity index (χ1) is 17.6. The van der Waals surface area contributed by atoms with Crippen LogP contribution in [-0.4, -0.2) is 52.4 Å². The number of aryl methyl sites for hydroxylation is 1. The molecule has 214 valence electrons. The van der Waals surface area contributed by atoms with Gasteiger partial charge >= 0.3 is 6.09 Å². The largest absolute Gasteiger partial charge is 0.444 e. The molecule has 0 bridgehead atoms. The molecule has 0 saturated heterocycles. The fourth-order valence-electron chi connectivity index (χ4n) is 4.12. The van der Waals surface area contributed by atoms with Crippen LogP contribution < -0.4 is 16.4 Å². The number of carbonyl (C=O) groups is 4. The predicted molar refractivity (Wildman–Crippen MR) is 149 cm³/mol. The van der Waals surface area contributed by atoms with Gasteiger partial charge in [0.25, 0.3) is 0 Å². The van der Waals surface area contributed by atoms with Crippen LogP contribution in [0.2, 0.25) is 0 Å². The van der Waals surface area contributed by atoms with E-state index in [1.807, 2.05) is 52.8 Å². The Morgan fingerprint density at radius 1 is 1.03 bits per heavy atom. The molecule has 2 atom stereocenters. The van der Waals surface area contributed by atoms with Crippen molar-refractivity contribution in [3.8, 4) is 0 Å². The molecule has 0 fully saturated rings. The van der Waals surface area contributed by atoms with Gasteiger partial charge in [0.1, 0.15) is 17.7 Å². The Morgan fingerprint density at radius 2 is 1.66 bits per heavy atom. The molecule has 0 radical (unpaired) electrons. The van der Waals surface area contributed by atoms with E-state index >= 15 is 0 Å². The zero-order valence-corrected chi connectivity index (χ0v) is 24.7. The van der Waals surface area contributed by atoms with E-state index in [0.717, 1.165) is 30.4 Å². The molecule has 0 heterocycles. The Hall–Kier alpha value is -3.10. The second kappa shape index (κ2) is 14.2. The van der Waals surface area contributed by atoms with Crippen LogP contribution in [0.1, 0.15) is 103 Å². The number of nitrogens with two attached hydrogens (primary N) is 1. The van der Waals surface area contributed by atoms with Gasteiger partial charge in [-0.3, -0.25) is 14.4 Å². The predicted octanol–water partition coefficient (Wildman–Crippen LogP) is 4.44. The van der Waals surface area contributed by atoms with Crippen LogP contribution in [0, 0.1) is 13.8 Å². The van der Waals surface area contributed by atoms with E-state index in [-0.39, 0.29) is 5.91 Å². The maximum atomic E-state index is 14.2. The van der Waals surface area contributed by atoms with E-state index in [2.05, 4.69) is 17.6 Å². The third-order valence-electron chi connectivity index (χ3n) is 6.68. The maximum absolute atomic E-state index is 14.2. The van der Waals surface area contributed by atoms with Crippen LogP contribution in [0.15, 0.2) is 18.2 Å². The normalized spacial score (nSPS) is 13.3. The Balaban J connectivity index is 3.67. The molecule has 4 amide bonds. The van der Waals surface area contributed by atoms with Gasteiger partial charge in [0.05, 0.1) is 6.42 Å². The molecular formula is C29H48N4O5. The molecule has 1 aromatic rings. The van der Waals surface area contributed by atoms with E-state index in [0.29, 0.717) is 18.5 Å². The number of rotatable bonds is 13.